The molecule has 1 amide bonds. The molecule has 1 N–H and O–H groups in total. The van der Waals surface area contributed by atoms with Crippen molar-refractivity contribution in [3.63, 3.8) is 0 Å². The fraction of sp³-hybridized carbons (Fsp3) is 0.474. The lowest BCUT2D eigenvalue weighted by atomic mass is 9.84. The number of carbonyl (C=O) groups is 1. The minimum Gasteiger partial charge on any atom is -0.346 e. The Balaban J connectivity index is 2.14. The van der Waals surface area contributed by atoms with Crippen molar-refractivity contribution in [2.75, 3.05) is 0 Å². The maximum atomic E-state index is 12.6. The molecule has 0 radical (unpaired) electrons. The highest BCUT2D eigenvalue weighted by atomic mass is 35.5. The van der Waals surface area contributed by atoms with Gasteiger partial charge in [0.15, 0.2) is 0 Å². The Morgan fingerprint density at radius 3 is 2.38 bits per heavy atom. The van der Waals surface area contributed by atoms with Gasteiger partial charge in [-0.05, 0) is 30.5 Å². The minimum absolute atomic E-state index is 0.00857. The molecule has 0 aliphatic heterocycles. The number of hydrogen-bond acceptors (Lipinski definition) is 3. The lowest BCUT2D eigenvalue weighted by Crippen LogP contribution is -2.45. The van der Waals surface area contributed by atoms with Crippen LogP contribution in [0.25, 0.3) is 0 Å². The van der Waals surface area contributed by atoms with Gasteiger partial charge in [-0.15, -0.1) is 11.3 Å². The molecule has 0 aliphatic carbocycles. The number of hydrogen-bond donors (Lipinski definition) is 1. The highest BCUT2D eigenvalue weighted by Crippen LogP contribution is 2.30. The predicted molar refractivity (Wildman–Crippen MR) is 102 cm³/mol. The van der Waals surface area contributed by atoms with E-state index in [1.165, 1.54) is 0 Å². The smallest absolute Gasteiger partial charge is 0.226 e. The monoisotopic (exact) mass is 364 g/mol. The molecule has 24 heavy (non-hydrogen) atoms. The molecular formula is C19H25ClN2OS. The Bertz CT molecular complexity index is 675. The molecule has 0 atom stereocenters. The van der Waals surface area contributed by atoms with Gasteiger partial charge < -0.3 is 5.32 Å². The van der Waals surface area contributed by atoms with Crippen LogP contribution in [-0.4, -0.2) is 10.9 Å². The molecule has 0 bridgehead atoms. The molecule has 0 saturated heterocycles. The van der Waals surface area contributed by atoms with Crippen LogP contribution in [0.15, 0.2) is 29.6 Å². The van der Waals surface area contributed by atoms with Gasteiger partial charge in [0.05, 0.1) is 22.7 Å². The van der Waals surface area contributed by atoms with Gasteiger partial charge in [0.1, 0.15) is 0 Å². The number of amides is 1. The quantitative estimate of drug-likeness (QED) is 0.724. The van der Waals surface area contributed by atoms with Crippen LogP contribution < -0.4 is 5.32 Å². The summed E-state index contributed by atoms with van der Waals surface area (Å²) >= 11 is 7.62. The first-order valence-electron chi connectivity index (χ1n) is 8.41. The van der Waals surface area contributed by atoms with Crippen molar-refractivity contribution < 1.29 is 4.79 Å². The van der Waals surface area contributed by atoms with Crippen LogP contribution in [0.5, 0.6) is 0 Å². The number of halogens is 1. The first-order chi connectivity index (χ1) is 11.4. The second kappa shape index (κ2) is 8.13. The van der Waals surface area contributed by atoms with Gasteiger partial charge in [-0.1, -0.05) is 51.4 Å². The highest BCUT2D eigenvalue weighted by molar-refractivity contribution is 7.09. The van der Waals surface area contributed by atoms with E-state index >= 15 is 0 Å². The minimum atomic E-state index is -0.363. The molecule has 5 heteroatoms. The average molecular weight is 365 g/mol. The van der Waals surface area contributed by atoms with Crippen LogP contribution >= 0.6 is 22.9 Å². The van der Waals surface area contributed by atoms with E-state index in [1.807, 2.05) is 29.6 Å². The second-order valence-electron chi connectivity index (χ2n) is 6.35. The molecule has 2 aromatic rings. The van der Waals surface area contributed by atoms with Crippen molar-refractivity contribution in [1.82, 2.24) is 10.3 Å². The molecule has 0 unspecified atom stereocenters. The van der Waals surface area contributed by atoms with E-state index in [1.54, 1.807) is 11.3 Å². The van der Waals surface area contributed by atoms with Crippen molar-refractivity contribution >= 4 is 28.8 Å². The van der Waals surface area contributed by atoms with Gasteiger partial charge >= 0.3 is 0 Å². The summed E-state index contributed by atoms with van der Waals surface area (Å²) in [5.41, 5.74) is 1.57. The van der Waals surface area contributed by atoms with Gasteiger partial charge in [-0.3, -0.25) is 4.79 Å². The Labute approximate surface area is 153 Å². The Morgan fingerprint density at radius 1 is 1.25 bits per heavy atom. The largest absolute Gasteiger partial charge is 0.346 e. The molecule has 0 spiro atoms. The molecule has 0 fully saturated rings. The summed E-state index contributed by atoms with van der Waals surface area (Å²) in [4.78, 5) is 17.1. The molecule has 130 valence electrons. The normalized spacial score (nSPS) is 11.8. The molecule has 2 rings (SSSR count). The summed E-state index contributed by atoms with van der Waals surface area (Å²) in [6.45, 7) is 8.42. The fourth-order valence-corrected chi connectivity index (χ4v) is 3.78. The van der Waals surface area contributed by atoms with E-state index in [-0.39, 0.29) is 11.4 Å². The van der Waals surface area contributed by atoms with E-state index in [0.717, 1.165) is 29.1 Å². The van der Waals surface area contributed by atoms with Crippen molar-refractivity contribution in [1.29, 1.82) is 0 Å². The third-order valence-electron chi connectivity index (χ3n) is 4.39. The summed E-state index contributed by atoms with van der Waals surface area (Å²) in [5, 5.41) is 7.00. The number of nitrogens with one attached hydrogen (secondary N) is 1. The summed E-state index contributed by atoms with van der Waals surface area (Å²) in [6, 6.07) is 7.74. The average Bonchev–Trinajstić information content (AvgIpc) is 3.02. The number of benzene rings is 1. The lowest BCUT2D eigenvalue weighted by molar-refractivity contribution is -0.122. The summed E-state index contributed by atoms with van der Waals surface area (Å²) < 4.78 is 0. The van der Waals surface area contributed by atoms with Gasteiger partial charge in [0.2, 0.25) is 5.91 Å². The van der Waals surface area contributed by atoms with Crippen molar-refractivity contribution in [2.45, 2.75) is 58.4 Å². The van der Waals surface area contributed by atoms with Crippen molar-refractivity contribution in [3.8, 4) is 0 Å². The van der Waals surface area contributed by atoms with Crippen molar-refractivity contribution in [3.05, 3.63) is 50.9 Å². The van der Waals surface area contributed by atoms with E-state index in [2.05, 4.69) is 38.0 Å². The van der Waals surface area contributed by atoms with E-state index in [9.17, 15) is 4.79 Å². The van der Waals surface area contributed by atoms with Crippen LogP contribution in [0.2, 0.25) is 5.02 Å². The molecule has 1 aromatic heterocycles. The van der Waals surface area contributed by atoms with E-state index in [0.29, 0.717) is 17.4 Å². The molecule has 3 nitrogen and oxygen atoms in total. The summed E-state index contributed by atoms with van der Waals surface area (Å²) in [6.07, 6.45) is 1.97. The molecule has 1 heterocycles. The second-order valence-corrected chi connectivity index (χ2v) is 7.68. The van der Waals surface area contributed by atoms with Gasteiger partial charge in [0, 0.05) is 16.3 Å². The first-order valence-corrected chi connectivity index (χ1v) is 9.67. The van der Waals surface area contributed by atoms with Gasteiger partial charge in [0.25, 0.3) is 0 Å². The van der Waals surface area contributed by atoms with Crippen LogP contribution in [0, 0.1) is 0 Å². The lowest BCUT2D eigenvalue weighted by Gasteiger charge is -2.33. The van der Waals surface area contributed by atoms with E-state index in [4.69, 9.17) is 11.6 Å². The predicted octanol–water partition coefficient (Wildman–Crippen LogP) is 5.29. The highest BCUT2D eigenvalue weighted by Gasteiger charge is 2.30. The Kier molecular flexibility index (Phi) is 6.41. The zero-order valence-electron chi connectivity index (χ0n) is 14.7. The zero-order chi connectivity index (χ0) is 17.7. The maximum absolute atomic E-state index is 12.6. The summed E-state index contributed by atoms with van der Waals surface area (Å²) in [5.74, 6) is 0.403. The maximum Gasteiger partial charge on any atom is 0.226 e. The summed E-state index contributed by atoms with van der Waals surface area (Å²) in [7, 11) is 0. The fourth-order valence-electron chi connectivity index (χ4n) is 2.82. The first kappa shape index (κ1) is 18.9. The number of aromatic nitrogens is 1. The standard InChI is InChI=1S/C19H25ClN2OS/c1-5-19(6-2,14-7-9-15(20)10-8-14)22-17(23)11-16-12-24-18(21-16)13(3)4/h7-10,12-13H,5-6,11H2,1-4H3,(H,22,23). The molecular weight excluding hydrogens is 340 g/mol. The SMILES string of the molecule is CCC(CC)(NC(=O)Cc1csc(C(C)C)n1)c1ccc(Cl)cc1. The molecule has 0 aliphatic rings. The number of nitrogens with zero attached hydrogens (tertiary/aromatic N) is 1. The number of thiazole rings is 1. The Hall–Kier alpha value is -1.39. The van der Waals surface area contributed by atoms with Gasteiger partial charge in [-0.2, -0.15) is 0 Å². The molecule has 1 aromatic carbocycles. The number of rotatable bonds is 7. The van der Waals surface area contributed by atoms with Crippen LogP contribution in [0.4, 0.5) is 0 Å². The third-order valence-corrected chi connectivity index (χ3v) is 5.83. The number of carbonyl (C=O) groups excluding carboxylic acids is 1. The van der Waals surface area contributed by atoms with E-state index < -0.39 is 0 Å². The van der Waals surface area contributed by atoms with Crippen LogP contribution in [-0.2, 0) is 16.8 Å². The zero-order valence-corrected chi connectivity index (χ0v) is 16.3. The Morgan fingerprint density at radius 2 is 1.88 bits per heavy atom. The molecule has 0 saturated carbocycles. The topological polar surface area (TPSA) is 42.0 Å². The van der Waals surface area contributed by atoms with Crippen LogP contribution in [0.3, 0.4) is 0 Å². The van der Waals surface area contributed by atoms with Crippen molar-refractivity contribution in [2.24, 2.45) is 0 Å². The van der Waals surface area contributed by atoms with Crippen LogP contribution in [0.1, 0.15) is 62.7 Å². The third kappa shape index (κ3) is 4.37. The van der Waals surface area contributed by atoms with Gasteiger partial charge in [-0.25, -0.2) is 4.98 Å².